The summed E-state index contributed by atoms with van der Waals surface area (Å²) >= 11 is 0. The first-order valence-corrected chi connectivity index (χ1v) is 9.24. The van der Waals surface area contributed by atoms with Gasteiger partial charge in [0.15, 0.2) is 5.78 Å². The van der Waals surface area contributed by atoms with E-state index >= 15 is 0 Å². The molecule has 0 radical (unpaired) electrons. The molecule has 2 aromatic rings. The Hall–Kier alpha value is -2.34. The molecule has 4 rings (SSSR count). The number of carbonyl (C=O) groups excluding carboxylic acids is 1. The summed E-state index contributed by atoms with van der Waals surface area (Å²) in [4.78, 5) is 25.9. The average molecular weight is 354 g/mol. The van der Waals surface area contributed by atoms with Crippen LogP contribution in [0.2, 0.25) is 0 Å². The number of ketones is 1. The van der Waals surface area contributed by atoms with Crippen molar-refractivity contribution in [3.05, 3.63) is 54.1 Å². The Morgan fingerprint density at radius 2 is 1.85 bits per heavy atom. The van der Waals surface area contributed by atoms with Crippen molar-refractivity contribution in [2.45, 2.75) is 25.3 Å². The van der Waals surface area contributed by atoms with Crippen molar-refractivity contribution in [1.29, 1.82) is 0 Å². The fraction of sp³-hybridized carbons (Fsp3) is 0.450. The summed E-state index contributed by atoms with van der Waals surface area (Å²) in [6.45, 7) is 3.80. The molecular weight excluding hydrogens is 331 g/mol. The SMILES string of the molecule is O=C(C[C@H]1CCC2CN(c3ncccn3)CCN2C1)c1ccc(F)cc1. The van der Waals surface area contributed by atoms with Crippen LogP contribution in [-0.2, 0) is 0 Å². The van der Waals surface area contributed by atoms with Crippen molar-refractivity contribution in [3.63, 3.8) is 0 Å². The second-order valence-electron chi connectivity index (χ2n) is 7.22. The first-order chi connectivity index (χ1) is 12.7. The molecule has 1 aromatic heterocycles. The molecule has 2 fully saturated rings. The molecule has 1 unspecified atom stereocenters. The number of anilines is 1. The van der Waals surface area contributed by atoms with Crippen molar-refractivity contribution in [2.75, 3.05) is 31.1 Å². The number of halogens is 1. The highest BCUT2D eigenvalue weighted by atomic mass is 19.1. The predicted molar refractivity (Wildman–Crippen MR) is 97.7 cm³/mol. The van der Waals surface area contributed by atoms with E-state index in [2.05, 4.69) is 19.8 Å². The van der Waals surface area contributed by atoms with Crippen LogP contribution in [0.1, 0.15) is 29.6 Å². The Bertz CT molecular complexity index is 752. The molecule has 0 amide bonds. The monoisotopic (exact) mass is 354 g/mol. The van der Waals surface area contributed by atoms with Gasteiger partial charge < -0.3 is 4.90 Å². The van der Waals surface area contributed by atoms with E-state index in [0.717, 1.165) is 45.0 Å². The molecular formula is C20H23FN4O. The second-order valence-corrected chi connectivity index (χ2v) is 7.22. The van der Waals surface area contributed by atoms with E-state index in [4.69, 9.17) is 0 Å². The number of rotatable bonds is 4. The lowest BCUT2D eigenvalue weighted by molar-refractivity contribution is 0.0776. The smallest absolute Gasteiger partial charge is 0.225 e. The number of nitrogens with zero attached hydrogens (tertiary/aromatic N) is 4. The molecule has 0 bridgehead atoms. The van der Waals surface area contributed by atoms with Crippen molar-refractivity contribution in [2.24, 2.45) is 5.92 Å². The summed E-state index contributed by atoms with van der Waals surface area (Å²) in [5, 5.41) is 0. The van der Waals surface area contributed by atoms with Crippen LogP contribution in [0.15, 0.2) is 42.7 Å². The molecule has 2 saturated heterocycles. The highest BCUT2D eigenvalue weighted by molar-refractivity contribution is 5.96. The Labute approximate surface area is 152 Å². The number of aromatic nitrogens is 2. The maximum atomic E-state index is 13.0. The molecule has 2 atom stereocenters. The number of piperazine rings is 1. The number of hydrogen-bond acceptors (Lipinski definition) is 5. The van der Waals surface area contributed by atoms with Crippen LogP contribution in [0.4, 0.5) is 10.3 Å². The molecule has 26 heavy (non-hydrogen) atoms. The number of hydrogen-bond donors (Lipinski definition) is 0. The van der Waals surface area contributed by atoms with Crippen LogP contribution >= 0.6 is 0 Å². The van der Waals surface area contributed by atoms with Gasteiger partial charge >= 0.3 is 0 Å². The lowest BCUT2D eigenvalue weighted by Gasteiger charge is -2.46. The van der Waals surface area contributed by atoms with Gasteiger partial charge in [-0.3, -0.25) is 9.69 Å². The highest BCUT2D eigenvalue weighted by Gasteiger charge is 2.34. The summed E-state index contributed by atoms with van der Waals surface area (Å²) in [7, 11) is 0. The van der Waals surface area contributed by atoms with Crippen molar-refractivity contribution >= 4 is 11.7 Å². The second kappa shape index (κ2) is 7.50. The van der Waals surface area contributed by atoms with Gasteiger partial charge in [-0.1, -0.05) is 0 Å². The summed E-state index contributed by atoms with van der Waals surface area (Å²) in [5.74, 6) is 0.996. The number of fused-ring (bicyclic) bond motifs is 1. The Morgan fingerprint density at radius 1 is 1.08 bits per heavy atom. The molecule has 136 valence electrons. The fourth-order valence-corrected chi connectivity index (χ4v) is 4.08. The van der Waals surface area contributed by atoms with Gasteiger partial charge in [0, 0.05) is 56.6 Å². The van der Waals surface area contributed by atoms with E-state index in [1.807, 2.05) is 6.07 Å². The van der Waals surface area contributed by atoms with E-state index in [9.17, 15) is 9.18 Å². The standard InChI is InChI=1S/C20H23FN4O/c21-17-5-3-16(4-6-17)19(26)12-15-2-7-18-14-25(11-10-24(18)13-15)20-22-8-1-9-23-20/h1,3-6,8-9,15,18H,2,7,10-14H2/t15-,18?/m1/s1. The summed E-state index contributed by atoms with van der Waals surface area (Å²) in [5.41, 5.74) is 0.611. The molecule has 2 aliphatic heterocycles. The average Bonchev–Trinajstić information content (AvgIpc) is 2.69. The van der Waals surface area contributed by atoms with E-state index in [-0.39, 0.29) is 11.6 Å². The molecule has 3 heterocycles. The van der Waals surface area contributed by atoms with Gasteiger partial charge in [-0.05, 0) is 49.1 Å². The van der Waals surface area contributed by atoms with Gasteiger partial charge in [0.05, 0.1) is 0 Å². The van der Waals surface area contributed by atoms with Gasteiger partial charge in [-0.25, -0.2) is 14.4 Å². The lowest BCUT2D eigenvalue weighted by Crippen LogP contribution is -2.57. The maximum absolute atomic E-state index is 13.0. The number of Topliss-reactive ketones (excluding diaryl/α,β-unsaturated/α-hetero) is 1. The number of benzene rings is 1. The van der Waals surface area contributed by atoms with Gasteiger partial charge in [0.1, 0.15) is 5.82 Å². The van der Waals surface area contributed by atoms with E-state index < -0.39 is 0 Å². The van der Waals surface area contributed by atoms with Gasteiger partial charge in [0.25, 0.3) is 0 Å². The van der Waals surface area contributed by atoms with Gasteiger partial charge in [-0.2, -0.15) is 0 Å². The van der Waals surface area contributed by atoms with Crippen LogP contribution in [0.25, 0.3) is 0 Å². The molecule has 0 N–H and O–H groups in total. The third kappa shape index (κ3) is 3.75. The first-order valence-electron chi connectivity index (χ1n) is 9.24. The third-order valence-electron chi connectivity index (χ3n) is 5.48. The first kappa shape index (κ1) is 17.1. The summed E-state index contributed by atoms with van der Waals surface area (Å²) < 4.78 is 13.0. The zero-order valence-corrected chi connectivity index (χ0v) is 14.7. The largest absolute Gasteiger partial charge is 0.338 e. The van der Waals surface area contributed by atoms with Crippen LogP contribution in [-0.4, -0.2) is 52.9 Å². The molecule has 0 aliphatic carbocycles. The maximum Gasteiger partial charge on any atom is 0.225 e. The normalized spacial score (nSPS) is 23.5. The minimum absolute atomic E-state index is 0.116. The fourth-order valence-electron chi connectivity index (χ4n) is 4.08. The molecule has 0 spiro atoms. The lowest BCUT2D eigenvalue weighted by atomic mass is 9.87. The molecule has 0 saturated carbocycles. The number of piperidine rings is 1. The van der Waals surface area contributed by atoms with E-state index in [1.165, 1.54) is 12.1 Å². The summed E-state index contributed by atoms with van der Waals surface area (Å²) in [6.07, 6.45) is 6.25. The van der Waals surface area contributed by atoms with Crippen molar-refractivity contribution in [1.82, 2.24) is 14.9 Å². The quantitative estimate of drug-likeness (QED) is 0.790. The Morgan fingerprint density at radius 3 is 2.62 bits per heavy atom. The van der Waals surface area contributed by atoms with Gasteiger partial charge in [-0.15, -0.1) is 0 Å². The predicted octanol–water partition coefficient (Wildman–Crippen LogP) is 2.79. The molecule has 5 nitrogen and oxygen atoms in total. The topological polar surface area (TPSA) is 49.3 Å². The van der Waals surface area contributed by atoms with Crippen molar-refractivity contribution < 1.29 is 9.18 Å². The minimum Gasteiger partial charge on any atom is -0.338 e. The van der Waals surface area contributed by atoms with Crippen LogP contribution < -0.4 is 4.90 Å². The molecule has 2 aliphatic rings. The van der Waals surface area contributed by atoms with Crippen LogP contribution in [0.5, 0.6) is 0 Å². The van der Waals surface area contributed by atoms with Gasteiger partial charge in [0.2, 0.25) is 5.95 Å². The van der Waals surface area contributed by atoms with Crippen molar-refractivity contribution in [3.8, 4) is 0 Å². The van der Waals surface area contributed by atoms with E-state index in [1.54, 1.807) is 24.5 Å². The Kier molecular flexibility index (Phi) is 4.93. The van der Waals surface area contributed by atoms with Crippen LogP contribution in [0, 0.1) is 11.7 Å². The highest BCUT2D eigenvalue weighted by Crippen LogP contribution is 2.29. The number of carbonyl (C=O) groups is 1. The van der Waals surface area contributed by atoms with Crippen LogP contribution in [0.3, 0.4) is 0 Å². The van der Waals surface area contributed by atoms with E-state index in [0.29, 0.717) is 23.9 Å². The zero-order valence-electron chi connectivity index (χ0n) is 14.7. The third-order valence-corrected chi connectivity index (χ3v) is 5.48. The Balaban J connectivity index is 1.33. The minimum atomic E-state index is -0.303. The summed E-state index contributed by atoms with van der Waals surface area (Å²) in [6, 6.07) is 8.22. The zero-order chi connectivity index (χ0) is 17.9. The molecule has 6 heteroatoms. The molecule has 1 aromatic carbocycles.